The number of halogens is 3. The minimum Gasteiger partial charge on any atom is -0.489 e. The van der Waals surface area contributed by atoms with Gasteiger partial charge in [0.25, 0.3) is 0 Å². The molecular formula is C19H20BCl2FO3. The molecule has 1 aliphatic rings. The van der Waals surface area contributed by atoms with Crippen molar-refractivity contribution in [1.29, 1.82) is 0 Å². The van der Waals surface area contributed by atoms with Crippen molar-refractivity contribution in [3.8, 4) is 5.75 Å². The number of hydrogen-bond donors (Lipinski definition) is 0. The Hall–Kier alpha value is -1.27. The standard InChI is InChI=1S/C19H20BCl2FO3/c1-18(2)19(3,4)26-20(25-18)15-8-7-14(10-17(15)23)24-11-12-5-6-13(21)9-16(12)22/h5-10H,11H2,1-4H3. The van der Waals surface area contributed by atoms with Gasteiger partial charge < -0.3 is 14.0 Å². The first kappa shape index (κ1) is 19.5. The maximum absolute atomic E-state index is 14.6. The first-order valence-corrected chi connectivity index (χ1v) is 9.06. The predicted molar refractivity (Wildman–Crippen MR) is 103 cm³/mol. The van der Waals surface area contributed by atoms with Crippen LogP contribution in [0.2, 0.25) is 10.0 Å². The van der Waals surface area contributed by atoms with Crippen molar-refractivity contribution in [1.82, 2.24) is 0 Å². The predicted octanol–water partition coefficient (Wildman–Crippen LogP) is 5.01. The van der Waals surface area contributed by atoms with Crippen molar-refractivity contribution in [2.45, 2.75) is 45.5 Å². The van der Waals surface area contributed by atoms with E-state index in [2.05, 4.69) is 0 Å². The normalized spacial score (nSPS) is 18.2. The fourth-order valence-corrected chi connectivity index (χ4v) is 3.02. The van der Waals surface area contributed by atoms with Crippen molar-refractivity contribution >= 4 is 35.8 Å². The minimum atomic E-state index is -0.750. The minimum absolute atomic E-state index is 0.214. The Bertz CT molecular complexity index is 810. The van der Waals surface area contributed by atoms with Gasteiger partial charge >= 0.3 is 7.12 Å². The Morgan fingerprint density at radius 1 is 1.00 bits per heavy atom. The number of hydrogen-bond acceptors (Lipinski definition) is 3. The summed E-state index contributed by atoms with van der Waals surface area (Å²) in [7, 11) is -0.750. The van der Waals surface area contributed by atoms with Crippen LogP contribution in [0.4, 0.5) is 4.39 Å². The van der Waals surface area contributed by atoms with Crippen LogP contribution in [0.15, 0.2) is 36.4 Å². The maximum atomic E-state index is 14.6. The average molecular weight is 397 g/mol. The molecular weight excluding hydrogens is 377 g/mol. The van der Waals surface area contributed by atoms with E-state index in [0.29, 0.717) is 21.3 Å². The van der Waals surface area contributed by atoms with Gasteiger partial charge in [-0.2, -0.15) is 0 Å². The highest BCUT2D eigenvalue weighted by atomic mass is 35.5. The van der Waals surface area contributed by atoms with E-state index in [0.717, 1.165) is 5.56 Å². The summed E-state index contributed by atoms with van der Waals surface area (Å²) in [5, 5.41) is 1.06. The molecule has 26 heavy (non-hydrogen) atoms. The zero-order chi connectivity index (χ0) is 19.1. The van der Waals surface area contributed by atoms with E-state index in [1.165, 1.54) is 6.07 Å². The molecule has 0 bridgehead atoms. The number of rotatable bonds is 4. The highest BCUT2D eigenvalue weighted by Gasteiger charge is 2.52. The molecule has 0 saturated carbocycles. The van der Waals surface area contributed by atoms with Crippen molar-refractivity contribution < 1.29 is 18.4 Å². The Kier molecular flexibility index (Phi) is 5.28. The van der Waals surface area contributed by atoms with Gasteiger partial charge in [-0.1, -0.05) is 35.3 Å². The first-order chi connectivity index (χ1) is 12.1. The summed E-state index contributed by atoms with van der Waals surface area (Å²) in [4.78, 5) is 0. The van der Waals surface area contributed by atoms with E-state index in [9.17, 15) is 4.39 Å². The first-order valence-electron chi connectivity index (χ1n) is 8.31. The summed E-state index contributed by atoms with van der Waals surface area (Å²) in [6.45, 7) is 7.93. The smallest absolute Gasteiger partial charge is 0.489 e. The average Bonchev–Trinajstić information content (AvgIpc) is 2.74. The van der Waals surface area contributed by atoms with Gasteiger partial charge in [0, 0.05) is 27.1 Å². The van der Waals surface area contributed by atoms with E-state index >= 15 is 0 Å². The highest BCUT2D eigenvalue weighted by molar-refractivity contribution is 6.62. The molecule has 0 amide bonds. The molecule has 0 aromatic heterocycles. The van der Waals surface area contributed by atoms with Gasteiger partial charge in [-0.25, -0.2) is 4.39 Å². The van der Waals surface area contributed by atoms with Crippen molar-refractivity contribution in [2.75, 3.05) is 0 Å². The molecule has 1 saturated heterocycles. The number of ether oxygens (including phenoxy) is 1. The van der Waals surface area contributed by atoms with E-state index in [4.69, 9.17) is 37.2 Å². The molecule has 7 heteroatoms. The molecule has 0 unspecified atom stereocenters. The summed E-state index contributed by atoms with van der Waals surface area (Å²) in [5.41, 5.74) is 0.0712. The molecule has 2 aromatic rings. The topological polar surface area (TPSA) is 27.7 Å². The second-order valence-electron chi connectivity index (χ2n) is 7.30. The van der Waals surface area contributed by atoms with Gasteiger partial charge in [0.05, 0.1) is 11.2 Å². The monoisotopic (exact) mass is 396 g/mol. The summed E-state index contributed by atoms with van der Waals surface area (Å²) >= 11 is 12.0. The molecule has 3 nitrogen and oxygen atoms in total. The lowest BCUT2D eigenvalue weighted by molar-refractivity contribution is 0.00578. The van der Waals surface area contributed by atoms with E-state index in [1.54, 1.807) is 30.3 Å². The van der Waals surface area contributed by atoms with Crippen LogP contribution in [0.25, 0.3) is 0 Å². The molecule has 3 rings (SSSR count). The number of benzene rings is 2. The third kappa shape index (κ3) is 3.86. The molecule has 1 aliphatic heterocycles. The Morgan fingerprint density at radius 3 is 2.23 bits per heavy atom. The second kappa shape index (κ2) is 7.04. The highest BCUT2D eigenvalue weighted by Crippen LogP contribution is 2.36. The van der Waals surface area contributed by atoms with E-state index < -0.39 is 24.1 Å². The third-order valence-corrected chi connectivity index (χ3v) is 5.48. The van der Waals surface area contributed by atoms with Crippen LogP contribution in [0.3, 0.4) is 0 Å². The van der Waals surface area contributed by atoms with E-state index in [-0.39, 0.29) is 6.61 Å². The molecule has 138 valence electrons. The van der Waals surface area contributed by atoms with E-state index in [1.807, 2.05) is 27.7 Å². The van der Waals surface area contributed by atoms with Gasteiger partial charge in [-0.15, -0.1) is 0 Å². The second-order valence-corrected chi connectivity index (χ2v) is 8.14. The molecule has 1 fully saturated rings. The Labute approximate surface area is 163 Å². The van der Waals surface area contributed by atoms with Crippen LogP contribution in [0, 0.1) is 5.82 Å². The van der Waals surface area contributed by atoms with Crippen molar-refractivity contribution in [3.05, 3.63) is 57.8 Å². The SMILES string of the molecule is CC1(C)OB(c2ccc(OCc3ccc(Cl)cc3Cl)cc2F)OC1(C)C. The van der Waals surface area contributed by atoms with Crippen LogP contribution >= 0.6 is 23.2 Å². The molecule has 0 aliphatic carbocycles. The molecule has 2 aromatic carbocycles. The quantitative estimate of drug-likeness (QED) is 0.679. The molecule has 0 atom stereocenters. The van der Waals surface area contributed by atoms with Crippen molar-refractivity contribution in [3.63, 3.8) is 0 Å². The third-order valence-electron chi connectivity index (χ3n) is 4.89. The van der Waals surface area contributed by atoms with Gasteiger partial charge in [0.15, 0.2) is 0 Å². The lowest BCUT2D eigenvalue weighted by Gasteiger charge is -2.32. The van der Waals surface area contributed by atoms with Gasteiger partial charge in [0.2, 0.25) is 0 Å². The zero-order valence-corrected chi connectivity index (χ0v) is 16.6. The largest absolute Gasteiger partial charge is 0.497 e. The fraction of sp³-hybridized carbons (Fsp3) is 0.368. The fourth-order valence-electron chi connectivity index (χ4n) is 2.56. The summed E-state index contributed by atoms with van der Waals surface area (Å²) in [5.74, 6) is -0.0445. The summed E-state index contributed by atoms with van der Waals surface area (Å²) in [6.07, 6.45) is 0. The maximum Gasteiger partial charge on any atom is 0.497 e. The van der Waals surface area contributed by atoms with Crippen LogP contribution in [0.1, 0.15) is 33.3 Å². The molecule has 0 radical (unpaired) electrons. The van der Waals surface area contributed by atoms with Gasteiger partial charge in [-0.05, 0) is 45.9 Å². The Morgan fingerprint density at radius 2 is 1.65 bits per heavy atom. The lowest BCUT2D eigenvalue weighted by Crippen LogP contribution is -2.41. The zero-order valence-electron chi connectivity index (χ0n) is 15.1. The molecule has 0 spiro atoms. The molecule has 0 N–H and O–H groups in total. The van der Waals surface area contributed by atoms with Gasteiger partial charge in [-0.3, -0.25) is 0 Å². The van der Waals surface area contributed by atoms with Crippen LogP contribution in [-0.2, 0) is 15.9 Å². The van der Waals surface area contributed by atoms with Crippen LogP contribution < -0.4 is 10.2 Å². The summed E-state index contributed by atoms with van der Waals surface area (Å²) < 4.78 is 32.0. The Balaban J connectivity index is 1.72. The summed E-state index contributed by atoms with van der Waals surface area (Å²) in [6, 6.07) is 9.78. The van der Waals surface area contributed by atoms with Crippen molar-refractivity contribution in [2.24, 2.45) is 0 Å². The lowest BCUT2D eigenvalue weighted by atomic mass is 9.78. The molecule has 1 heterocycles. The van der Waals surface area contributed by atoms with Crippen LogP contribution in [-0.4, -0.2) is 18.3 Å². The van der Waals surface area contributed by atoms with Gasteiger partial charge in [0.1, 0.15) is 18.2 Å². The van der Waals surface area contributed by atoms with Crippen LogP contribution in [0.5, 0.6) is 5.75 Å².